The van der Waals surface area contributed by atoms with Gasteiger partial charge in [0, 0.05) is 17.3 Å². The Morgan fingerprint density at radius 3 is 2.17 bits per heavy atom. The van der Waals surface area contributed by atoms with E-state index in [1.165, 1.54) is 30.7 Å². The molecule has 1 aromatic rings. The minimum atomic E-state index is -0.874. The first kappa shape index (κ1) is 33.7. The summed E-state index contributed by atoms with van der Waals surface area (Å²) in [7, 11) is 0. The van der Waals surface area contributed by atoms with Crippen molar-refractivity contribution in [3.63, 3.8) is 0 Å². The Hall–Kier alpha value is -2.24. The molecule has 5 nitrogen and oxygen atoms in total. The van der Waals surface area contributed by atoms with E-state index in [0.29, 0.717) is 41.1 Å². The molecule has 10 atom stereocenters. The first-order valence-electron chi connectivity index (χ1n) is 18.2. The van der Waals surface area contributed by atoms with Gasteiger partial charge in [-0.2, -0.15) is 0 Å². The number of esters is 1. The SMILES string of the molecule is CC(C)C1CC[C@]2(C(=O)CCC(=O)O)CC[C@]3(C)C(CCC4[C@@]5(C)CC[C@@H](OC(=O)c6ccc(F)cc6)C(C)(C)C5CC[C@]43C)C12. The van der Waals surface area contributed by atoms with Gasteiger partial charge in [0.15, 0.2) is 0 Å². The van der Waals surface area contributed by atoms with E-state index >= 15 is 0 Å². The van der Waals surface area contributed by atoms with Crippen LogP contribution in [-0.4, -0.2) is 28.9 Å². The van der Waals surface area contributed by atoms with Crippen molar-refractivity contribution in [2.75, 3.05) is 0 Å². The molecule has 0 saturated heterocycles. The number of fused-ring (bicyclic) bond motifs is 7. The summed E-state index contributed by atoms with van der Waals surface area (Å²) in [5.41, 5.74) is 0.256. The van der Waals surface area contributed by atoms with Crippen LogP contribution in [0.4, 0.5) is 4.39 Å². The maximum atomic E-state index is 14.0. The van der Waals surface area contributed by atoms with Gasteiger partial charge in [0.1, 0.15) is 17.7 Å². The molecule has 0 radical (unpaired) electrons. The van der Waals surface area contributed by atoms with Crippen molar-refractivity contribution >= 4 is 17.7 Å². The van der Waals surface area contributed by atoms with Crippen LogP contribution in [0.5, 0.6) is 0 Å². The molecule has 6 rings (SSSR count). The Morgan fingerprint density at radius 1 is 0.826 bits per heavy atom. The lowest BCUT2D eigenvalue weighted by Gasteiger charge is -2.73. The third-order valence-electron chi connectivity index (χ3n) is 15.7. The van der Waals surface area contributed by atoms with Crippen molar-refractivity contribution in [3.05, 3.63) is 35.6 Å². The molecule has 1 aromatic carbocycles. The maximum absolute atomic E-state index is 14.0. The lowest BCUT2D eigenvalue weighted by Crippen LogP contribution is -2.67. The van der Waals surface area contributed by atoms with E-state index in [0.717, 1.165) is 57.8 Å². The average Bonchev–Trinajstić information content (AvgIpc) is 3.39. The molecule has 5 fully saturated rings. The summed E-state index contributed by atoms with van der Waals surface area (Å²) < 4.78 is 19.7. The number of benzene rings is 1. The number of ether oxygens (including phenoxy) is 1. The summed E-state index contributed by atoms with van der Waals surface area (Å²) in [4.78, 5) is 38.6. The van der Waals surface area contributed by atoms with Crippen molar-refractivity contribution in [2.24, 2.45) is 62.6 Å². The van der Waals surface area contributed by atoms with Crippen molar-refractivity contribution < 1.29 is 28.6 Å². The van der Waals surface area contributed by atoms with Gasteiger partial charge in [-0.3, -0.25) is 9.59 Å². The standard InChI is InChI=1S/C40H57FO5/c1-24(2)27-16-21-40(31(42)14-15-33(43)44)23-22-38(6)28(34(27)40)12-13-30-37(5)19-18-32(36(3,4)29(37)17-20-39(30,38)7)46-35(45)25-8-10-26(41)11-9-25/h8-11,24,27-30,32,34H,12-23H2,1-7H3,(H,43,44)/t27?,28?,29?,30?,32-,34?,37+,38-,39-,40-/m1/s1. The monoisotopic (exact) mass is 636 g/mol. The summed E-state index contributed by atoms with van der Waals surface area (Å²) in [6.07, 6.45) is 10.3. The number of carboxylic acid groups (broad SMARTS) is 1. The van der Waals surface area contributed by atoms with Gasteiger partial charge in [-0.25, -0.2) is 9.18 Å². The van der Waals surface area contributed by atoms with E-state index in [9.17, 15) is 23.9 Å². The van der Waals surface area contributed by atoms with Crippen molar-refractivity contribution in [3.8, 4) is 0 Å². The molecule has 0 heterocycles. The van der Waals surface area contributed by atoms with E-state index < -0.39 is 5.97 Å². The number of rotatable bonds is 7. The first-order chi connectivity index (χ1) is 21.5. The van der Waals surface area contributed by atoms with E-state index in [-0.39, 0.29) is 63.6 Å². The molecule has 5 aliphatic rings. The molecule has 6 heteroatoms. The van der Waals surface area contributed by atoms with Crippen LogP contribution in [-0.2, 0) is 14.3 Å². The van der Waals surface area contributed by atoms with Crippen LogP contribution in [0.1, 0.15) is 136 Å². The number of Topliss-reactive ketones (excluding diaryl/α,β-unsaturated/α-hetero) is 1. The fourth-order valence-electron chi connectivity index (χ4n) is 13.3. The second-order valence-electron chi connectivity index (χ2n) is 17.9. The highest BCUT2D eigenvalue weighted by atomic mass is 19.1. The summed E-state index contributed by atoms with van der Waals surface area (Å²) in [5.74, 6) is 1.45. The highest BCUT2D eigenvalue weighted by Gasteiger charge is 2.72. The van der Waals surface area contributed by atoms with Gasteiger partial charge in [-0.1, -0.05) is 48.5 Å². The Labute approximate surface area is 275 Å². The van der Waals surface area contributed by atoms with Crippen molar-refractivity contribution in [1.29, 1.82) is 0 Å². The predicted molar refractivity (Wildman–Crippen MR) is 176 cm³/mol. The fourth-order valence-corrected chi connectivity index (χ4v) is 13.3. The molecule has 5 saturated carbocycles. The zero-order chi connectivity index (χ0) is 33.4. The Bertz CT molecular complexity index is 1370. The maximum Gasteiger partial charge on any atom is 0.338 e. The van der Waals surface area contributed by atoms with E-state index in [4.69, 9.17) is 4.74 Å². The van der Waals surface area contributed by atoms with Crippen LogP contribution >= 0.6 is 0 Å². The lowest BCUT2D eigenvalue weighted by molar-refractivity contribution is -0.247. The minimum Gasteiger partial charge on any atom is -0.481 e. The molecule has 46 heavy (non-hydrogen) atoms. The van der Waals surface area contributed by atoms with Crippen LogP contribution in [0.3, 0.4) is 0 Å². The van der Waals surface area contributed by atoms with Crippen LogP contribution in [0.15, 0.2) is 24.3 Å². The van der Waals surface area contributed by atoms with Crippen LogP contribution < -0.4 is 0 Å². The zero-order valence-corrected chi connectivity index (χ0v) is 29.3. The number of hydrogen-bond donors (Lipinski definition) is 1. The molecule has 5 unspecified atom stereocenters. The van der Waals surface area contributed by atoms with Gasteiger partial charge in [0.05, 0.1) is 12.0 Å². The third kappa shape index (κ3) is 4.84. The van der Waals surface area contributed by atoms with Crippen LogP contribution in [0.25, 0.3) is 0 Å². The molecule has 0 aromatic heterocycles. The highest BCUT2D eigenvalue weighted by molar-refractivity contribution is 5.89. The molecule has 5 aliphatic carbocycles. The minimum absolute atomic E-state index is 0.0584. The number of hydrogen-bond acceptors (Lipinski definition) is 4. The molecule has 0 bridgehead atoms. The second-order valence-corrected chi connectivity index (χ2v) is 17.9. The third-order valence-corrected chi connectivity index (χ3v) is 15.7. The van der Waals surface area contributed by atoms with Crippen molar-refractivity contribution in [2.45, 2.75) is 132 Å². The molecule has 0 spiro atoms. The highest BCUT2D eigenvalue weighted by Crippen LogP contribution is 2.77. The van der Waals surface area contributed by atoms with E-state index in [1.807, 2.05) is 0 Å². The number of carbonyl (C=O) groups excluding carboxylic acids is 2. The number of halogens is 1. The van der Waals surface area contributed by atoms with Gasteiger partial charge in [0.25, 0.3) is 0 Å². The summed E-state index contributed by atoms with van der Waals surface area (Å²) in [6.45, 7) is 17.0. The Balaban J connectivity index is 1.28. The molecule has 0 amide bonds. The van der Waals surface area contributed by atoms with E-state index in [2.05, 4.69) is 48.5 Å². The predicted octanol–water partition coefficient (Wildman–Crippen LogP) is 9.52. The molecule has 1 N–H and O–H groups in total. The van der Waals surface area contributed by atoms with E-state index in [1.54, 1.807) is 0 Å². The number of carboxylic acids is 1. The number of ketones is 1. The largest absolute Gasteiger partial charge is 0.481 e. The quantitative estimate of drug-likeness (QED) is 0.302. The summed E-state index contributed by atoms with van der Waals surface area (Å²) in [6, 6.07) is 5.65. The topological polar surface area (TPSA) is 80.7 Å². The smallest absolute Gasteiger partial charge is 0.338 e. The Kier molecular flexibility index (Phi) is 8.36. The number of aliphatic carboxylic acids is 1. The molecular weight excluding hydrogens is 579 g/mol. The molecular formula is C40H57FO5. The second kappa shape index (κ2) is 11.4. The molecule has 0 aliphatic heterocycles. The van der Waals surface area contributed by atoms with Gasteiger partial charge >= 0.3 is 11.9 Å². The Morgan fingerprint density at radius 2 is 1.52 bits per heavy atom. The number of carbonyl (C=O) groups is 3. The first-order valence-corrected chi connectivity index (χ1v) is 18.2. The lowest BCUT2D eigenvalue weighted by atomic mass is 9.32. The summed E-state index contributed by atoms with van der Waals surface area (Å²) in [5, 5.41) is 9.42. The average molecular weight is 637 g/mol. The van der Waals surface area contributed by atoms with Crippen LogP contribution in [0, 0.1) is 68.4 Å². The van der Waals surface area contributed by atoms with Gasteiger partial charge in [-0.15, -0.1) is 0 Å². The van der Waals surface area contributed by atoms with Crippen molar-refractivity contribution in [1.82, 2.24) is 0 Å². The molecule has 254 valence electrons. The van der Waals surface area contributed by atoms with Gasteiger partial charge < -0.3 is 9.84 Å². The van der Waals surface area contributed by atoms with Crippen LogP contribution in [0.2, 0.25) is 0 Å². The van der Waals surface area contributed by atoms with Gasteiger partial charge in [-0.05, 0) is 140 Å². The summed E-state index contributed by atoms with van der Waals surface area (Å²) >= 11 is 0. The van der Waals surface area contributed by atoms with Gasteiger partial charge in [0.2, 0.25) is 0 Å². The zero-order valence-electron chi connectivity index (χ0n) is 29.3. The fraction of sp³-hybridized carbons (Fsp3) is 0.775. The normalized spacial score (nSPS) is 42.7.